The second kappa shape index (κ2) is 7.17. The first-order valence-electron chi connectivity index (χ1n) is 6.64. The van der Waals surface area contributed by atoms with Gasteiger partial charge in [-0.2, -0.15) is 0 Å². The molecule has 1 heterocycles. The van der Waals surface area contributed by atoms with Gasteiger partial charge in [0.1, 0.15) is 0 Å². The maximum atomic E-state index is 12.0. The summed E-state index contributed by atoms with van der Waals surface area (Å²) >= 11 is 7.70. The van der Waals surface area contributed by atoms with Crippen LogP contribution in [0.25, 0.3) is 0 Å². The van der Waals surface area contributed by atoms with E-state index in [1.807, 2.05) is 18.2 Å². The molecule has 0 saturated carbocycles. The Kier molecular flexibility index (Phi) is 5.55. The summed E-state index contributed by atoms with van der Waals surface area (Å²) in [6, 6.07) is 5.95. The molecule has 5 heteroatoms. The van der Waals surface area contributed by atoms with Gasteiger partial charge in [-0.3, -0.25) is 4.79 Å². The largest absolute Gasteiger partial charge is 0.325 e. The van der Waals surface area contributed by atoms with Gasteiger partial charge in [-0.25, -0.2) is 0 Å². The second-order valence-corrected chi connectivity index (χ2v) is 6.36. The van der Waals surface area contributed by atoms with E-state index in [1.54, 1.807) is 11.8 Å². The van der Waals surface area contributed by atoms with Crippen LogP contribution >= 0.6 is 23.4 Å². The van der Waals surface area contributed by atoms with Crippen molar-refractivity contribution in [3.05, 3.63) is 23.2 Å². The number of nitrogens with one attached hydrogen (secondary N) is 2. The Morgan fingerprint density at radius 3 is 3.11 bits per heavy atom. The van der Waals surface area contributed by atoms with Crippen LogP contribution in [0.2, 0.25) is 5.02 Å². The summed E-state index contributed by atoms with van der Waals surface area (Å²) in [5, 5.41) is 6.96. The number of rotatable bonds is 5. The summed E-state index contributed by atoms with van der Waals surface area (Å²) in [6.07, 6.45) is 2.77. The van der Waals surface area contributed by atoms with Crippen LogP contribution in [0, 0.1) is 0 Å². The molecule has 0 radical (unpaired) electrons. The van der Waals surface area contributed by atoms with E-state index in [2.05, 4.69) is 17.6 Å². The van der Waals surface area contributed by atoms with Crippen molar-refractivity contribution in [3.63, 3.8) is 0 Å². The highest BCUT2D eigenvalue weighted by molar-refractivity contribution is 7.99. The molecule has 1 aliphatic heterocycles. The first kappa shape index (κ1) is 14.7. The minimum absolute atomic E-state index is 0.0552. The van der Waals surface area contributed by atoms with E-state index in [0.717, 1.165) is 35.7 Å². The fourth-order valence-corrected chi connectivity index (χ4v) is 3.15. The highest BCUT2D eigenvalue weighted by Gasteiger charge is 2.18. The van der Waals surface area contributed by atoms with E-state index in [0.29, 0.717) is 17.5 Å². The Labute approximate surface area is 123 Å². The number of anilines is 1. The maximum absolute atomic E-state index is 12.0. The summed E-state index contributed by atoms with van der Waals surface area (Å²) < 4.78 is 0. The first-order chi connectivity index (χ1) is 9.19. The number of halogens is 1. The topological polar surface area (TPSA) is 41.1 Å². The lowest BCUT2D eigenvalue weighted by Gasteiger charge is -2.13. The van der Waals surface area contributed by atoms with E-state index in [-0.39, 0.29) is 5.91 Å². The van der Waals surface area contributed by atoms with Gasteiger partial charge in [-0.05, 0) is 43.3 Å². The third-order valence-corrected chi connectivity index (χ3v) is 4.30. The van der Waals surface area contributed by atoms with Crippen LogP contribution in [0.4, 0.5) is 5.69 Å². The van der Waals surface area contributed by atoms with E-state index in [1.165, 1.54) is 0 Å². The molecular formula is C14H19ClN2OS. The molecule has 104 valence electrons. The fraction of sp³-hybridized carbons (Fsp3) is 0.500. The number of amides is 1. The molecule has 1 fully saturated rings. The quantitative estimate of drug-likeness (QED) is 0.817. The molecule has 1 atom stereocenters. The lowest BCUT2D eigenvalue weighted by atomic mass is 10.1. The van der Waals surface area contributed by atoms with E-state index < -0.39 is 0 Å². The molecule has 2 N–H and O–H groups in total. The van der Waals surface area contributed by atoms with Crippen molar-refractivity contribution in [3.8, 4) is 0 Å². The predicted octanol–water partition coefficient (Wildman–Crippen LogP) is 3.53. The number of carbonyl (C=O) groups is 1. The van der Waals surface area contributed by atoms with Gasteiger partial charge in [0.05, 0.1) is 5.69 Å². The van der Waals surface area contributed by atoms with E-state index >= 15 is 0 Å². The van der Waals surface area contributed by atoms with Crippen LogP contribution in [-0.2, 0) is 4.79 Å². The Hall–Kier alpha value is -0.710. The highest BCUT2D eigenvalue weighted by atomic mass is 35.5. The summed E-state index contributed by atoms with van der Waals surface area (Å²) in [6.45, 7) is 3.11. The van der Waals surface area contributed by atoms with Crippen LogP contribution in [0.1, 0.15) is 26.2 Å². The third kappa shape index (κ3) is 4.41. The normalized spacial score (nSPS) is 18.5. The number of benzene rings is 1. The number of hydrogen-bond donors (Lipinski definition) is 2. The molecular weight excluding hydrogens is 280 g/mol. The average molecular weight is 299 g/mol. The molecule has 0 aromatic heterocycles. The highest BCUT2D eigenvalue weighted by Crippen LogP contribution is 2.30. The zero-order valence-electron chi connectivity index (χ0n) is 11.0. The van der Waals surface area contributed by atoms with Crippen molar-refractivity contribution < 1.29 is 4.79 Å². The molecule has 1 amide bonds. The van der Waals surface area contributed by atoms with Crippen LogP contribution in [0.5, 0.6) is 0 Å². The van der Waals surface area contributed by atoms with Crippen molar-refractivity contribution in [1.29, 1.82) is 0 Å². The molecule has 0 spiro atoms. The van der Waals surface area contributed by atoms with Crippen molar-refractivity contribution in [1.82, 2.24) is 5.32 Å². The van der Waals surface area contributed by atoms with Gasteiger partial charge in [0.25, 0.3) is 0 Å². The summed E-state index contributed by atoms with van der Waals surface area (Å²) in [5.74, 6) is 1.02. The van der Waals surface area contributed by atoms with Crippen LogP contribution in [-0.4, -0.2) is 24.2 Å². The van der Waals surface area contributed by atoms with Gasteiger partial charge in [-0.1, -0.05) is 18.5 Å². The number of thioether (sulfide) groups is 1. The van der Waals surface area contributed by atoms with Crippen LogP contribution in [0.15, 0.2) is 23.1 Å². The molecule has 1 unspecified atom stereocenters. The van der Waals surface area contributed by atoms with Crippen molar-refractivity contribution in [2.45, 2.75) is 37.1 Å². The molecule has 1 aromatic rings. The van der Waals surface area contributed by atoms with Gasteiger partial charge in [0.2, 0.25) is 5.91 Å². The molecule has 0 aliphatic carbocycles. The second-order valence-electron chi connectivity index (χ2n) is 4.62. The zero-order chi connectivity index (χ0) is 13.7. The van der Waals surface area contributed by atoms with Gasteiger partial charge < -0.3 is 10.6 Å². The average Bonchev–Trinajstić information content (AvgIpc) is 2.85. The molecule has 0 bridgehead atoms. The van der Waals surface area contributed by atoms with Gasteiger partial charge in [-0.15, -0.1) is 11.8 Å². The SMILES string of the molecule is CCSc1ccc(Cl)cc1NC(=O)CC1CCCN1. The lowest BCUT2D eigenvalue weighted by molar-refractivity contribution is -0.116. The Morgan fingerprint density at radius 1 is 1.58 bits per heavy atom. The Bertz CT molecular complexity index is 447. The number of hydrogen-bond acceptors (Lipinski definition) is 3. The zero-order valence-corrected chi connectivity index (χ0v) is 12.6. The van der Waals surface area contributed by atoms with Crippen molar-refractivity contribution in [2.75, 3.05) is 17.6 Å². The summed E-state index contributed by atoms with van der Waals surface area (Å²) in [4.78, 5) is 13.1. The maximum Gasteiger partial charge on any atom is 0.225 e. The molecule has 1 aromatic carbocycles. The van der Waals surface area contributed by atoms with Crippen LogP contribution in [0.3, 0.4) is 0 Å². The molecule has 1 aliphatic rings. The Morgan fingerprint density at radius 2 is 2.42 bits per heavy atom. The fourth-order valence-electron chi connectivity index (χ4n) is 2.24. The lowest BCUT2D eigenvalue weighted by Crippen LogP contribution is -2.27. The predicted molar refractivity (Wildman–Crippen MR) is 82.1 cm³/mol. The van der Waals surface area contributed by atoms with Crippen LogP contribution < -0.4 is 10.6 Å². The standard InChI is InChI=1S/C14H19ClN2OS/c1-2-19-13-6-5-10(15)8-12(13)17-14(18)9-11-4-3-7-16-11/h5-6,8,11,16H,2-4,7,9H2,1H3,(H,17,18). The van der Waals surface area contributed by atoms with Crippen molar-refractivity contribution >= 4 is 35.0 Å². The summed E-state index contributed by atoms with van der Waals surface area (Å²) in [7, 11) is 0. The monoisotopic (exact) mass is 298 g/mol. The number of carbonyl (C=O) groups excluding carboxylic acids is 1. The van der Waals surface area contributed by atoms with E-state index in [4.69, 9.17) is 11.6 Å². The van der Waals surface area contributed by atoms with Gasteiger partial charge >= 0.3 is 0 Å². The van der Waals surface area contributed by atoms with E-state index in [9.17, 15) is 4.79 Å². The van der Waals surface area contributed by atoms with Gasteiger partial charge in [0, 0.05) is 22.4 Å². The minimum atomic E-state index is 0.0552. The Balaban J connectivity index is 2.00. The summed E-state index contributed by atoms with van der Waals surface area (Å²) in [5.41, 5.74) is 0.822. The smallest absolute Gasteiger partial charge is 0.225 e. The van der Waals surface area contributed by atoms with Crippen molar-refractivity contribution in [2.24, 2.45) is 0 Å². The first-order valence-corrected chi connectivity index (χ1v) is 8.01. The third-order valence-electron chi connectivity index (χ3n) is 3.11. The molecule has 1 saturated heterocycles. The molecule has 2 rings (SSSR count). The minimum Gasteiger partial charge on any atom is -0.325 e. The molecule has 19 heavy (non-hydrogen) atoms. The van der Waals surface area contributed by atoms with Gasteiger partial charge in [0.15, 0.2) is 0 Å². The molecule has 3 nitrogen and oxygen atoms in total.